The van der Waals surface area contributed by atoms with Gasteiger partial charge in [0.25, 0.3) is 0 Å². The van der Waals surface area contributed by atoms with Crippen molar-refractivity contribution in [2.45, 2.75) is 33.6 Å². The van der Waals surface area contributed by atoms with Gasteiger partial charge < -0.3 is 24.0 Å². The summed E-state index contributed by atoms with van der Waals surface area (Å²) in [5.41, 5.74) is 0. The molecule has 0 saturated carbocycles. The van der Waals surface area contributed by atoms with Gasteiger partial charge in [0.2, 0.25) is 17.8 Å². The number of rotatable bonds is 14. The maximum atomic E-state index is 5.33. The molecule has 0 aliphatic rings. The Morgan fingerprint density at radius 2 is 1.00 bits per heavy atom. The zero-order valence-corrected chi connectivity index (χ0v) is 17.1. The third kappa shape index (κ3) is 6.54. The normalized spacial score (nSPS) is 10.8. The fourth-order valence-corrected chi connectivity index (χ4v) is 2.55. The van der Waals surface area contributed by atoms with E-state index in [1.165, 1.54) is 0 Å². The van der Waals surface area contributed by atoms with Gasteiger partial charge in [-0.15, -0.1) is 0 Å². The van der Waals surface area contributed by atoms with E-state index >= 15 is 0 Å². The summed E-state index contributed by atoms with van der Waals surface area (Å²) in [5, 5.41) is 0. The molecule has 0 N–H and O–H groups in total. The van der Waals surface area contributed by atoms with Crippen LogP contribution in [0.5, 0.6) is 0 Å². The maximum Gasteiger partial charge on any atom is 0.235 e. The van der Waals surface area contributed by atoms with Gasteiger partial charge in [-0.2, -0.15) is 15.0 Å². The van der Waals surface area contributed by atoms with E-state index in [1.54, 1.807) is 21.3 Å². The van der Waals surface area contributed by atoms with Crippen LogP contribution in [-0.2, 0) is 14.2 Å². The van der Waals surface area contributed by atoms with Crippen molar-refractivity contribution in [3.8, 4) is 0 Å². The molecule has 1 aromatic rings. The smallest absolute Gasteiger partial charge is 0.235 e. The molecule has 1 rings (SSSR count). The third-order valence-electron chi connectivity index (χ3n) is 3.67. The quantitative estimate of drug-likeness (QED) is 0.457. The lowest BCUT2D eigenvalue weighted by atomic mass is 10.4. The van der Waals surface area contributed by atoms with Crippen LogP contribution in [0.1, 0.15) is 33.6 Å². The van der Waals surface area contributed by atoms with E-state index in [4.69, 9.17) is 19.2 Å². The first-order chi connectivity index (χ1) is 12.6. The van der Waals surface area contributed by atoms with Crippen LogP contribution in [0.15, 0.2) is 0 Å². The Kier molecular flexibility index (Phi) is 10.8. The van der Waals surface area contributed by atoms with Crippen molar-refractivity contribution in [1.29, 1.82) is 0 Å². The van der Waals surface area contributed by atoms with Gasteiger partial charge in [0, 0.05) is 41.0 Å². The Bertz CT molecular complexity index is 459. The first-order valence-corrected chi connectivity index (χ1v) is 9.12. The minimum Gasteiger partial charge on any atom is -0.364 e. The molecule has 0 unspecified atom stereocenters. The van der Waals surface area contributed by atoms with Gasteiger partial charge in [-0.1, -0.05) is 13.8 Å². The summed E-state index contributed by atoms with van der Waals surface area (Å²) < 4.78 is 15.9. The Morgan fingerprint density at radius 3 is 1.42 bits per heavy atom. The highest BCUT2D eigenvalue weighted by molar-refractivity contribution is 5.46. The first-order valence-electron chi connectivity index (χ1n) is 9.12. The molecular formula is C17H34N6O3. The highest BCUT2D eigenvalue weighted by atomic mass is 16.5. The van der Waals surface area contributed by atoms with Crippen molar-refractivity contribution in [2.24, 2.45) is 0 Å². The summed E-state index contributed by atoms with van der Waals surface area (Å²) >= 11 is 0. The summed E-state index contributed by atoms with van der Waals surface area (Å²) in [6.07, 6.45) is 1.98. The number of ether oxygens (including phenoxy) is 3. The molecule has 150 valence electrons. The van der Waals surface area contributed by atoms with Crippen LogP contribution in [0.4, 0.5) is 17.8 Å². The topological polar surface area (TPSA) is 76.1 Å². The molecule has 9 nitrogen and oxygen atoms in total. The van der Waals surface area contributed by atoms with Crippen molar-refractivity contribution in [3.63, 3.8) is 0 Å². The molecule has 0 fully saturated rings. The molecule has 0 aliphatic heterocycles. The molecule has 0 spiro atoms. The SMILES string of the molecule is CCCN(CC)c1nc(N(CCC)COC)nc(N(COC)COC)n1. The Labute approximate surface area is 157 Å². The molecule has 0 aromatic carbocycles. The zero-order valence-electron chi connectivity index (χ0n) is 17.1. The zero-order chi connectivity index (χ0) is 19.4. The predicted octanol–water partition coefficient (Wildman–Crippen LogP) is 1.94. The van der Waals surface area contributed by atoms with Crippen LogP contribution in [-0.4, -0.2) is 76.1 Å². The number of anilines is 3. The number of hydrogen-bond donors (Lipinski definition) is 0. The van der Waals surface area contributed by atoms with Crippen LogP contribution in [0.2, 0.25) is 0 Å². The lowest BCUT2D eigenvalue weighted by Gasteiger charge is -2.27. The third-order valence-corrected chi connectivity index (χ3v) is 3.67. The van der Waals surface area contributed by atoms with Gasteiger partial charge in [0.1, 0.15) is 20.2 Å². The van der Waals surface area contributed by atoms with E-state index in [-0.39, 0.29) is 0 Å². The van der Waals surface area contributed by atoms with Gasteiger partial charge in [-0.25, -0.2) is 0 Å². The largest absolute Gasteiger partial charge is 0.364 e. The molecule has 0 radical (unpaired) electrons. The summed E-state index contributed by atoms with van der Waals surface area (Å²) in [5.74, 6) is 1.78. The molecule has 0 atom stereocenters. The summed E-state index contributed by atoms with van der Waals surface area (Å²) in [7, 11) is 4.94. The van der Waals surface area contributed by atoms with Gasteiger partial charge in [0.15, 0.2) is 0 Å². The second kappa shape index (κ2) is 12.6. The molecule has 1 heterocycles. The number of nitrogens with zero attached hydrogens (tertiary/aromatic N) is 6. The molecule has 26 heavy (non-hydrogen) atoms. The molecule has 0 amide bonds. The second-order valence-corrected chi connectivity index (χ2v) is 5.87. The molecule has 0 bridgehead atoms. The van der Waals surface area contributed by atoms with Crippen molar-refractivity contribution < 1.29 is 14.2 Å². The van der Waals surface area contributed by atoms with Crippen molar-refractivity contribution >= 4 is 17.8 Å². The minimum absolute atomic E-state index is 0.328. The van der Waals surface area contributed by atoms with Crippen molar-refractivity contribution in [1.82, 2.24) is 15.0 Å². The van der Waals surface area contributed by atoms with E-state index < -0.39 is 0 Å². The van der Waals surface area contributed by atoms with E-state index in [0.717, 1.165) is 32.5 Å². The summed E-state index contributed by atoms with van der Waals surface area (Å²) in [6.45, 7) is 9.93. The van der Waals surface area contributed by atoms with Gasteiger partial charge >= 0.3 is 0 Å². The van der Waals surface area contributed by atoms with E-state index in [1.807, 2.05) is 9.80 Å². The number of hydrogen-bond acceptors (Lipinski definition) is 9. The summed E-state index contributed by atoms with van der Waals surface area (Å²) in [6, 6.07) is 0. The highest BCUT2D eigenvalue weighted by Gasteiger charge is 2.19. The fourth-order valence-electron chi connectivity index (χ4n) is 2.55. The predicted molar refractivity (Wildman–Crippen MR) is 104 cm³/mol. The molecule has 9 heteroatoms. The van der Waals surface area contributed by atoms with Crippen LogP contribution >= 0.6 is 0 Å². The van der Waals surface area contributed by atoms with Crippen molar-refractivity contribution in [2.75, 3.05) is 75.9 Å². The Hall–Kier alpha value is -1.71. The van der Waals surface area contributed by atoms with E-state index in [9.17, 15) is 0 Å². The van der Waals surface area contributed by atoms with Gasteiger partial charge in [0.05, 0.1) is 0 Å². The number of methoxy groups -OCH3 is 3. The monoisotopic (exact) mass is 370 g/mol. The average molecular weight is 370 g/mol. The lowest BCUT2D eigenvalue weighted by Crippen LogP contribution is -2.34. The van der Waals surface area contributed by atoms with E-state index in [0.29, 0.717) is 38.0 Å². The Morgan fingerprint density at radius 1 is 0.615 bits per heavy atom. The van der Waals surface area contributed by atoms with Crippen molar-refractivity contribution in [3.05, 3.63) is 0 Å². The van der Waals surface area contributed by atoms with Gasteiger partial charge in [-0.05, 0) is 19.8 Å². The van der Waals surface area contributed by atoms with Gasteiger partial charge in [-0.3, -0.25) is 4.90 Å². The Balaban J connectivity index is 3.35. The minimum atomic E-state index is 0.328. The second-order valence-electron chi connectivity index (χ2n) is 5.87. The first kappa shape index (κ1) is 22.3. The maximum absolute atomic E-state index is 5.33. The van der Waals surface area contributed by atoms with Crippen LogP contribution in [0, 0.1) is 0 Å². The molecular weight excluding hydrogens is 336 g/mol. The standard InChI is InChI=1S/C17H34N6O3/c1-7-10-21(9-3)15-18-16(22(11-8-2)12-24-4)20-17(19-15)23(13-25-5)14-26-6/h7-14H2,1-6H3. The summed E-state index contributed by atoms with van der Waals surface area (Å²) in [4.78, 5) is 20.0. The van der Waals surface area contributed by atoms with Crippen LogP contribution in [0.25, 0.3) is 0 Å². The molecule has 0 saturated heterocycles. The highest BCUT2D eigenvalue weighted by Crippen LogP contribution is 2.20. The van der Waals surface area contributed by atoms with E-state index in [2.05, 4.69) is 35.6 Å². The fraction of sp³-hybridized carbons (Fsp3) is 0.824. The molecule has 0 aliphatic carbocycles. The lowest BCUT2D eigenvalue weighted by molar-refractivity contribution is 0.138. The van der Waals surface area contributed by atoms with Crippen LogP contribution in [0.3, 0.4) is 0 Å². The molecule has 1 aromatic heterocycles. The number of aromatic nitrogens is 3. The average Bonchev–Trinajstić information content (AvgIpc) is 2.65. The van der Waals surface area contributed by atoms with Crippen LogP contribution < -0.4 is 14.7 Å².